The van der Waals surface area contributed by atoms with E-state index < -0.39 is 12.0 Å². The molecular weight excluding hydrogens is 318 g/mol. The molecule has 3 aromatic rings. The number of carboxylic acids is 1. The molecule has 25 heavy (non-hydrogen) atoms. The topological polar surface area (TPSA) is 75.4 Å². The van der Waals surface area contributed by atoms with Crippen LogP contribution in [-0.4, -0.2) is 37.7 Å². The van der Waals surface area contributed by atoms with E-state index in [-0.39, 0.29) is 12.5 Å². The fraction of sp³-hybridized carbons (Fsp3) is 0.211. The third kappa shape index (κ3) is 2.76. The van der Waals surface area contributed by atoms with E-state index in [4.69, 9.17) is 0 Å². The Bertz CT molecular complexity index is 963. The van der Waals surface area contributed by atoms with Crippen LogP contribution in [0.15, 0.2) is 54.7 Å². The molecule has 0 unspecified atom stereocenters. The van der Waals surface area contributed by atoms with Gasteiger partial charge in [-0.25, -0.2) is 4.79 Å². The molecule has 1 amide bonds. The second-order valence-electron chi connectivity index (χ2n) is 6.21. The summed E-state index contributed by atoms with van der Waals surface area (Å²) in [7, 11) is 0. The number of benzene rings is 2. The molecule has 126 valence electrons. The average Bonchev–Trinajstić information content (AvgIpc) is 3.03. The van der Waals surface area contributed by atoms with Crippen molar-refractivity contribution in [2.24, 2.45) is 0 Å². The fourth-order valence-electron chi connectivity index (χ4n) is 3.38. The minimum absolute atomic E-state index is 0.0272. The van der Waals surface area contributed by atoms with Crippen LogP contribution in [0.25, 0.3) is 10.9 Å². The zero-order chi connectivity index (χ0) is 17.4. The number of fused-ring (bicyclic) bond motifs is 2. The SMILES string of the molecule is O=C(O)[C@@H]1Cc2ccccc2CN1C(=O)Cn1ncc2ccccc21. The molecule has 2 heterocycles. The van der Waals surface area contributed by atoms with Gasteiger partial charge in [0.05, 0.1) is 11.7 Å². The van der Waals surface area contributed by atoms with Gasteiger partial charge >= 0.3 is 5.97 Å². The fourth-order valence-corrected chi connectivity index (χ4v) is 3.38. The lowest BCUT2D eigenvalue weighted by Crippen LogP contribution is -2.49. The Morgan fingerprint density at radius 3 is 2.60 bits per heavy atom. The third-order valence-electron chi connectivity index (χ3n) is 4.69. The highest BCUT2D eigenvalue weighted by molar-refractivity contribution is 5.86. The number of aromatic nitrogens is 2. The maximum atomic E-state index is 12.8. The van der Waals surface area contributed by atoms with Crippen molar-refractivity contribution in [1.29, 1.82) is 0 Å². The summed E-state index contributed by atoms with van der Waals surface area (Å²) in [5.41, 5.74) is 2.85. The van der Waals surface area contributed by atoms with Crippen molar-refractivity contribution in [2.75, 3.05) is 0 Å². The first-order valence-electron chi connectivity index (χ1n) is 8.13. The molecule has 4 rings (SSSR count). The second kappa shape index (κ2) is 6.05. The van der Waals surface area contributed by atoms with Crippen molar-refractivity contribution >= 4 is 22.8 Å². The highest BCUT2D eigenvalue weighted by atomic mass is 16.4. The van der Waals surface area contributed by atoms with Gasteiger partial charge in [0.1, 0.15) is 12.6 Å². The summed E-state index contributed by atoms with van der Waals surface area (Å²) >= 11 is 0. The number of carboxylic acid groups (broad SMARTS) is 1. The highest BCUT2D eigenvalue weighted by Crippen LogP contribution is 2.24. The zero-order valence-corrected chi connectivity index (χ0v) is 13.5. The minimum Gasteiger partial charge on any atom is -0.480 e. The maximum Gasteiger partial charge on any atom is 0.326 e. The van der Waals surface area contributed by atoms with E-state index in [2.05, 4.69) is 5.10 Å². The largest absolute Gasteiger partial charge is 0.480 e. The Kier molecular flexibility index (Phi) is 3.72. The molecule has 1 aliphatic heterocycles. The number of rotatable bonds is 3. The highest BCUT2D eigenvalue weighted by Gasteiger charge is 2.34. The van der Waals surface area contributed by atoms with Crippen LogP contribution in [0.3, 0.4) is 0 Å². The predicted molar refractivity (Wildman–Crippen MR) is 91.9 cm³/mol. The van der Waals surface area contributed by atoms with E-state index in [0.717, 1.165) is 22.0 Å². The summed E-state index contributed by atoms with van der Waals surface area (Å²) in [6.07, 6.45) is 2.04. The van der Waals surface area contributed by atoms with Gasteiger partial charge in [-0.1, -0.05) is 42.5 Å². The normalized spacial score (nSPS) is 16.6. The lowest BCUT2D eigenvalue weighted by Gasteiger charge is -2.34. The van der Waals surface area contributed by atoms with Crippen molar-refractivity contribution < 1.29 is 14.7 Å². The van der Waals surface area contributed by atoms with Gasteiger partial charge in [-0.2, -0.15) is 5.10 Å². The number of amides is 1. The van der Waals surface area contributed by atoms with E-state index in [1.165, 1.54) is 4.90 Å². The van der Waals surface area contributed by atoms with Crippen molar-refractivity contribution in [3.05, 3.63) is 65.9 Å². The van der Waals surface area contributed by atoms with Gasteiger partial charge in [0.15, 0.2) is 0 Å². The first-order chi connectivity index (χ1) is 12.1. The summed E-state index contributed by atoms with van der Waals surface area (Å²) in [5.74, 6) is -1.22. The molecule has 1 aliphatic rings. The molecule has 0 aliphatic carbocycles. The second-order valence-corrected chi connectivity index (χ2v) is 6.21. The molecule has 6 nitrogen and oxygen atoms in total. The molecule has 2 aromatic carbocycles. The van der Waals surface area contributed by atoms with Crippen molar-refractivity contribution in [3.8, 4) is 0 Å². The average molecular weight is 335 g/mol. The van der Waals surface area contributed by atoms with E-state index in [9.17, 15) is 14.7 Å². The van der Waals surface area contributed by atoms with Gasteiger partial charge in [-0.15, -0.1) is 0 Å². The number of nitrogens with zero attached hydrogens (tertiary/aromatic N) is 3. The smallest absolute Gasteiger partial charge is 0.326 e. The predicted octanol–water partition coefficient (Wildman–Crippen LogP) is 2.07. The first kappa shape index (κ1) is 15.4. The molecule has 1 atom stereocenters. The van der Waals surface area contributed by atoms with Crippen LogP contribution >= 0.6 is 0 Å². The summed E-state index contributed by atoms with van der Waals surface area (Å²) in [4.78, 5) is 26.0. The molecule has 1 N–H and O–H groups in total. The summed E-state index contributed by atoms with van der Waals surface area (Å²) < 4.78 is 1.62. The van der Waals surface area contributed by atoms with Crippen LogP contribution in [0.4, 0.5) is 0 Å². The minimum atomic E-state index is -0.979. The Morgan fingerprint density at radius 2 is 1.80 bits per heavy atom. The van der Waals surface area contributed by atoms with E-state index in [1.807, 2.05) is 48.5 Å². The molecule has 0 fully saturated rings. The van der Waals surface area contributed by atoms with Crippen LogP contribution in [-0.2, 0) is 29.1 Å². The standard InChI is InChI=1S/C19H17N3O3/c23-18(12-22-16-8-4-3-6-14(16)10-20-22)21-11-15-7-2-1-5-13(15)9-17(21)19(24)25/h1-8,10,17H,9,11-12H2,(H,24,25)/t17-/m0/s1. The van der Waals surface area contributed by atoms with Crippen LogP contribution < -0.4 is 0 Å². The Morgan fingerprint density at radius 1 is 1.08 bits per heavy atom. The quantitative estimate of drug-likeness (QED) is 0.795. The van der Waals surface area contributed by atoms with E-state index in [0.29, 0.717) is 13.0 Å². The lowest BCUT2D eigenvalue weighted by molar-refractivity contribution is -0.151. The molecule has 6 heteroatoms. The Balaban J connectivity index is 1.63. The maximum absolute atomic E-state index is 12.8. The Hall–Kier alpha value is -3.15. The molecule has 0 radical (unpaired) electrons. The van der Waals surface area contributed by atoms with Crippen molar-refractivity contribution in [2.45, 2.75) is 25.6 Å². The van der Waals surface area contributed by atoms with Crippen LogP contribution in [0.2, 0.25) is 0 Å². The van der Waals surface area contributed by atoms with Gasteiger partial charge in [-0.05, 0) is 17.2 Å². The van der Waals surface area contributed by atoms with Crippen molar-refractivity contribution in [3.63, 3.8) is 0 Å². The number of hydrogen-bond acceptors (Lipinski definition) is 3. The number of para-hydroxylation sites is 1. The molecule has 0 saturated carbocycles. The van der Waals surface area contributed by atoms with Gasteiger partial charge in [-0.3, -0.25) is 9.48 Å². The number of carbonyl (C=O) groups excluding carboxylic acids is 1. The third-order valence-corrected chi connectivity index (χ3v) is 4.69. The van der Waals surface area contributed by atoms with E-state index >= 15 is 0 Å². The van der Waals surface area contributed by atoms with Gasteiger partial charge < -0.3 is 10.0 Å². The summed E-state index contributed by atoms with van der Waals surface area (Å²) in [6, 6.07) is 14.5. The van der Waals surface area contributed by atoms with Gasteiger partial charge in [0.2, 0.25) is 5.91 Å². The van der Waals surface area contributed by atoms with Gasteiger partial charge in [0, 0.05) is 18.4 Å². The zero-order valence-electron chi connectivity index (χ0n) is 13.5. The molecule has 0 spiro atoms. The van der Waals surface area contributed by atoms with Gasteiger partial charge in [0.25, 0.3) is 0 Å². The summed E-state index contributed by atoms with van der Waals surface area (Å²) in [5, 5.41) is 14.8. The van der Waals surface area contributed by atoms with Crippen LogP contribution in [0, 0.1) is 0 Å². The lowest BCUT2D eigenvalue weighted by atomic mass is 9.94. The molecular formula is C19H17N3O3. The molecule has 0 saturated heterocycles. The number of aliphatic carboxylic acids is 1. The monoisotopic (exact) mass is 335 g/mol. The molecule has 0 bridgehead atoms. The number of carbonyl (C=O) groups is 2. The Labute approximate surface area is 144 Å². The first-order valence-corrected chi connectivity index (χ1v) is 8.13. The number of hydrogen-bond donors (Lipinski definition) is 1. The van der Waals surface area contributed by atoms with E-state index in [1.54, 1.807) is 10.9 Å². The summed E-state index contributed by atoms with van der Waals surface area (Å²) in [6.45, 7) is 0.338. The van der Waals surface area contributed by atoms with Crippen LogP contribution in [0.1, 0.15) is 11.1 Å². The molecule has 1 aromatic heterocycles. The van der Waals surface area contributed by atoms with Crippen LogP contribution in [0.5, 0.6) is 0 Å². The van der Waals surface area contributed by atoms with Crippen molar-refractivity contribution in [1.82, 2.24) is 14.7 Å².